The minimum atomic E-state index is -0.814. The van der Waals surface area contributed by atoms with E-state index in [0.717, 1.165) is 24.8 Å². The SMILES string of the molecule is CCCCCC=CC1=C(COC(C)=O)C2OC(C)(C)C(O)CC23OC3C1O. The molecule has 2 saturated heterocycles. The number of hydrogen-bond acceptors (Lipinski definition) is 6. The maximum Gasteiger partial charge on any atom is 0.302 e. The van der Waals surface area contributed by atoms with Crippen molar-refractivity contribution in [3.05, 3.63) is 23.3 Å². The molecule has 6 heteroatoms. The second-order valence-electron chi connectivity index (χ2n) is 8.42. The second kappa shape index (κ2) is 7.66. The Balaban J connectivity index is 1.90. The number of allylic oxidation sites excluding steroid dienone is 1. The molecule has 0 amide bonds. The van der Waals surface area contributed by atoms with Gasteiger partial charge in [0.1, 0.15) is 30.5 Å². The maximum atomic E-state index is 11.4. The van der Waals surface area contributed by atoms with Gasteiger partial charge in [0.25, 0.3) is 0 Å². The lowest BCUT2D eigenvalue weighted by Crippen LogP contribution is -2.59. The maximum absolute atomic E-state index is 11.4. The summed E-state index contributed by atoms with van der Waals surface area (Å²) in [5.41, 5.74) is -0.0311. The lowest BCUT2D eigenvalue weighted by atomic mass is 9.72. The van der Waals surface area contributed by atoms with Crippen molar-refractivity contribution in [1.29, 1.82) is 0 Å². The van der Waals surface area contributed by atoms with Crippen LogP contribution in [0.3, 0.4) is 0 Å². The van der Waals surface area contributed by atoms with Crippen LogP contribution in [0.5, 0.6) is 0 Å². The summed E-state index contributed by atoms with van der Waals surface area (Å²) in [6.45, 7) is 7.26. The smallest absolute Gasteiger partial charge is 0.302 e. The van der Waals surface area contributed by atoms with Crippen LogP contribution in [0.2, 0.25) is 0 Å². The van der Waals surface area contributed by atoms with Crippen molar-refractivity contribution in [3.8, 4) is 0 Å². The summed E-state index contributed by atoms with van der Waals surface area (Å²) in [4.78, 5) is 11.4. The molecule has 2 fully saturated rings. The molecule has 0 saturated carbocycles. The Morgan fingerprint density at radius 1 is 1.30 bits per heavy atom. The fourth-order valence-corrected chi connectivity index (χ4v) is 4.18. The fraction of sp³-hybridized carbons (Fsp3) is 0.762. The fourth-order valence-electron chi connectivity index (χ4n) is 4.18. The first kappa shape index (κ1) is 20.5. The van der Waals surface area contributed by atoms with Gasteiger partial charge >= 0.3 is 5.97 Å². The van der Waals surface area contributed by atoms with Gasteiger partial charge in [-0.1, -0.05) is 31.9 Å². The Morgan fingerprint density at radius 3 is 2.70 bits per heavy atom. The number of carbonyl (C=O) groups excluding carboxylic acids is 1. The van der Waals surface area contributed by atoms with E-state index in [9.17, 15) is 15.0 Å². The number of epoxide rings is 1. The highest BCUT2D eigenvalue weighted by Gasteiger charge is 2.72. The van der Waals surface area contributed by atoms with Crippen LogP contribution in [0, 0.1) is 0 Å². The molecule has 0 aromatic rings. The molecule has 5 unspecified atom stereocenters. The first-order chi connectivity index (χ1) is 12.7. The summed E-state index contributed by atoms with van der Waals surface area (Å²) in [6.07, 6.45) is 6.37. The molecule has 1 aliphatic carbocycles. The second-order valence-corrected chi connectivity index (χ2v) is 8.42. The molecule has 0 bridgehead atoms. The van der Waals surface area contributed by atoms with Gasteiger partial charge in [-0.25, -0.2) is 0 Å². The Labute approximate surface area is 161 Å². The summed E-state index contributed by atoms with van der Waals surface area (Å²) in [5.74, 6) is -0.383. The lowest BCUT2D eigenvalue weighted by Gasteiger charge is -2.46. The summed E-state index contributed by atoms with van der Waals surface area (Å²) in [7, 11) is 0. The molecule has 5 atom stereocenters. The minimum Gasteiger partial charge on any atom is -0.461 e. The average Bonchev–Trinajstić information content (AvgIpc) is 3.31. The molecule has 27 heavy (non-hydrogen) atoms. The zero-order valence-corrected chi connectivity index (χ0v) is 16.7. The Hall–Kier alpha value is -1.21. The molecule has 6 nitrogen and oxygen atoms in total. The van der Waals surface area contributed by atoms with Crippen molar-refractivity contribution in [3.63, 3.8) is 0 Å². The van der Waals surface area contributed by atoms with E-state index < -0.39 is 35.6 Å². The monoisotopic (exact) mass is 380 g/mol. The zero-order chi connectivity index (χ0) is 19.8. The highest BCUT2D eigenvalue weighted by Crippen LogP contribution is 2.58. The summed E-state index contributed by atoms with van der Waals surface area (Å²) in [6, 6.07) is 0. The number of aliphatic hydroxyl groups excluding tert-OH is 2. The van der Waals surface area contributed by atoms with Crippen LogP contribution in [-0.4, -0.2) is 58.4 Å². The quantitative estimate of drug-likeness (QED) is 0.401. The van der Waals surface area contributed by atoms with E-state index in [-0.39, 0.29) is 12.6 Å². The number of carbonyl (C=O) groups is 1. The Bertz CT molecular complexity index is 637. The molecule has 2 heterocycles. The van der Waals surface area contributed by atoms with Crippen LogP contribution in [-0.2, 0) is 19.0 Å². The highest BCUT2D eigenvalue weighted by atomic mass is 16.7. The summed E-state index contributed by atoms with van der Waals surface area (Å²) in [5, 5.41) is 21.3. The zero-order valence-electron chi connectivity index (χ0n) is 16.7. The normalized spacial score (nSPS) is 37.1. The molecular weight excluding hydrogens is 348 g/mol. The topological polar surface area (TPSA) is 88.5 Å². The minimum absolute atomic E-state index is 0.0513. The van der Waals surface area contributed by atoms with Gasteiger partial charge in [-0.15, -0.1) is 0 Å². The van der Waals surface area contributed by atoms with E-state index in [1.54, 1.807) is 0 Å². The number of unbranched alkanes of at least 4 members (excludes halogenated alkanes) is 3. The van der Waals surface area contributed by atoms with Crippen molar-refractivity contribution >= 4 is 5.97 Å². The van der Waals surface area contributed by atoms with Crippen molar-refractivity contribution in [2.75, 3.05) is 6.61 Å². The molecule has 0 aromatic carbocycles. The van der Waals surface area contributed by atoms with E-state index >= 15 is 0 Å². The molecular formula is C21H32O6. The third-order valence-corrected chi connectivity index (χ3v) is 5.95. The Morgan fingerprint density at radius 2 is 2.04 bits per heavy atom. The van der Waals surface area contributed by atoms with Crippen molar-refractivity contribution in [1.82, 2.24) is 0 Å². The third-order valence-electron chi connectivity index (χ3n) is 5.95. The predicted molar refractivity (Wildman–Crippen MR) is 100 cm³/mol. The van der Waals surface area contributed by atoms with E-state index in [4.69, 9.17) is 14.2 Å². The largest absolute Gasteiger partial charge is 0.461 e. The average molecular weight is 380 g/mol. The van der Waals surface area contributed by atoms with Crippen molar-refractivity contribution < 1.29 is 29.2 Å². The van der Waals surface area contributed by atoms with Gasteiger partial charge in [0.05, 0.1) is 11.7 Å². The van der Waals surface area contributed by atoms with Crippen LogP contribution >= 0.6 is 0 Å². The van der Waals surface area contributed by atoms with Gasteiger partial charge in [0.2, 0.25) is 0 Å². The summed E-state index contributed by atoms with van der Waals surface area (Å²) < 4.78 is 17.4. The highest BCUT2D eigenvalue weighted by molar-refractivity contribution is 5.66. The molecule has 1 spiro atoms. The van der Waals surface area contributed by atoms with Gasteiger partial charge in [-0.05, 0) is 32.3 Å². The first-order valence-corrected chi connectivity index (χ1v) is 9.97. The Kier molecular flexibility index (Phi) is 5.82. The number of esters is 1. The molecule has 3 rings (SSSR count). The van der Waals surface area contributed by atoms with Crippen molar-refractivity contribution in [2.24, 2.45) is 0 Å². The summed E-state index contributed by atoms with van der Waals surface area (Å²) >= 11 is 0. The van der Waals surface area contributed by atoms with Crippen LogP contribution in [0.4, 0.5) is 0 Å². The van der Waals surface area contributed by atoms with Crippen LogP contribution in [0.25, 0.3) is 0 Å². The number of ether oxygens (including phenoxy) is 3. The molecule has 152 valence electrons. The van der Waals surface area contributed by atoms with E-state index in [0.29, 0.717) is 12.0 Å². The third kappa shape index (κ3) is 3.86. The van der Waals surface area contributed by atoms with E-state index in [1.807, 2.05) is 19.9 Å². The van der Waals surface area contributed by atoms with Crippen LogP contribution < -0.4 is 0 Å². The van der Waals surface area contributed by atoms with Crippen LogP contribution in [0.15, 0.2) is 23.3 Å². The molecule has 2 N–H and O–H groups in total. The van der Waals surface area contributed by atoms with Crippen molar-refractivity contribution in [2.45, 2.75) is 95.4 Å². The number of aliphatic hydroxyl groups is 2. The van der Waals surface area contributed by atoms with E-state index in [1.165, 1.54) is 13.3 Å². The molecule has 3 aliphatic rings. The molecule has 0 radical (unpaired) electrons. The molecule has 0 aromatic heterocycles. The first-order valence-electron chi connectivity index (χ1n) is 9.97. The number of hydrogen-bond donors (Lipinski definition) is 2. The van der Waals surface area contributed by atoms with Gasteiger partial charge in [0, 0.05) is 18.9 Å². The number of rotatable bonds is 7. The van der Waals surface area contributed by atoms with E-state index in [2.05, 4.69) is 13.0 Å². The lowest BCUT2D eigenvalue weighted by molar-refractivity contribution is -0.191. The van der Waals surface area contributed by atoms with Gasteiger partial charge < -0.3 is 24.4 Å². The van der Waals surface area contributed by atoms with Gasteiger partial charge in [-0.2, -0.15) is 0 Å². The molecule has 2 aliphatic heterocycles. The van der Waals surface area contributed by atoms with Gasteiger partial charge in [0.15, 0.2) is 0 Å². The van der Waals surface area contributed by atoms with Gasteiger partial charge in [-0.3, -0.25) is 4.79 Å². The standard InChI is InChI=1S/C21H32O6/c1-5-6-7-8-9-10-14-15(12-25-13(2)22)18-21(19(27-21)17(14)24)11-16(23)20(3,4)26-18/h9-10,16-19,23-24H,5-8,11-12H2,1-4H3. The van der Waals surface area contributed by atoms with Crippen LogP contribution in [0.1, 0.15) is 59.8 Å². The predicted octanol–water partition coefficient (Wildman–Crippen LogP) is 2.42.